The Balaban J connectivity index is 1.89. The number of amides is 1. The molecule has 2 aromatic rings. The summed E-state index contributed by atoms with van der Waals surface area (Å²) in [7, 11) is 0. The summed E-state index contributed by atoms with van der Waals surface area (Å²) in [4.78, 5) is 28.1. The molecule has 6 heteroatoms. The van der Waals surface area contributed by atoms with E-state index in [1.165, 1.54) is 11.3 Å². The van der Waals surface area contributed by atoms with Crippen molar-refractivity contribution in [2.24, 2.45) is 5.92 Å². The van der Waals surface area contributed by atoms with Gasteiger partial charge in [-0.1, -0.05) is 6.92 Å². The fourth-order valence-electron chi connectivity index (χ4n) is 3.36. The number of hydrogen-bond donors (Lipinski definition) is 0. The van der Waals surface area contributed by atoms with E-state index in [1.54, 1.807) is 18.3 Å². The number of ether oxygens (including phenoxy) is 1. The van der Waals surface area contributed by atoms with Gasteiger partial charge in [-0.05, 0) is 44.7 Å². The molecule has 1 aliphatic rings. The number of carbonyl (C=O) groups excluding carboxylic acids is 2. The average Bonchev–Trinajstić information content (AvgIpc) is 3.05. The molecule has 0 spiro atoms. The van der Waals surface area contributed by atoms with Crippen LogP contribution >= 0.6 is 11.3 Å². The third kappa shape index (κ3) is 3.34. The summed E-state index contributed by atoms with van der Waals surface area (Å²) in [6.07, 6.45) is 2.23. The number of aromatic nitrogens is 1. The first-order valence-corrected chi connectivity index (χ1v) is 9.35. The predicted molar refractivity (Wildman–Crippen MR) is 95.5 cm³/mol. The molecule has 0 saturated carbocycles. The number of thiophene rings is 1. The van der Waals surface area contributed by atoms with Crippen molar-refractivity contribution in [2.45, 2.75) is 40.2 Å². The SMILES string of the molecule is CCOC(=O)c1cc2sc(C)cc2n1CC(=O)N1CCC[C@H](C)C1. The van der Waals surface area contributed by atoms with Crippen molar-refractivity contribution >= 4 is 33.4 Å². The number of rotatable bonds is 4. The molecule has 2 aromatic heterocycles. The zero-order valence-electron chi connectivity index (χ0n) is 14.5. The highest BCUT2D eigenvalue weighted by Crippen LogP contribution is 2.29. The third-order valence-electron chi connectivity index (χ3n) is 4.50. The number of hydrogen-bond acceptors (Lipinski definition) is 4. The van der Waals surface area contributed by atoms with Gasteiger partial charge in [-0.15, -0.1) is 11.3 Å². The Kier molecular flexibility index (Phi) is 4.94. The number of fused-ring (bicyclic) bond motifs is 1. The highest BCUT2D eigenvalue weighted by Gasteiger charge is 2.24. The quantitative estimate of drug-likeness (QED) is 0.795. The molecular formula is C18H24N2O3S. The standard InChI is InChI=1S/C18H24N2O3S/c1-4-23-18(22)15-9-16-14(8-13(3)24-16)20(15)11-17(21)19-7-5-6-12(2)10-19/h8-9,12H,4-7,10-11H2,1-3H3/t12-/m0/s1. The number of esters is 1. The lowest BCUT2D eigenvalue weighted by Crippen LogP contribution is -2.41. The summed E-state index contributed by atoms with van der Waals surface area (Å²) in [5.74, 6) is 0.257. The molecule has 3 rings (SSSR count). The summed E-state index contributed by atoms with van der Waals surface area (Å²) in [5, 5.41) is 0. The van der Waals surface area contributed by atoms with Crippen molar-refractivity contribution in [2.75, 3.05) is 19.7 Å². The second-order valence-electron chi connectivity index (χ2n) is 6.53. The molecule has 130 valence electrons. The van der Waals surface area contributed by atoms with Gasteiger partial charge >= 0.3 is 5.97 Å². The Morgan fingerprint density at radius 1 is 1.38 bits per heavy atom. The van der Waals surface area contributed by atoms with Gasteiger partial charge in [-0.25, -0.2) is 4.79 Å². The Bertz CT molecular complexity index is 762. The van der Waals surface area contributed by atoms with Crippen LogP contribution in [-0.4, -0.2) is 41.0 Å². The van der Waals surface area contributed by atoms with Crippen molar-refractivity contribution in [3.05, 3.63) is 22.7 Å². The lowest BCUT2D eigenvalue weighted by Gasteiger charge is -2.31. The van der Waals surface area contributed by atoms with E-state index in [1.807, 2.05) is 28.5 Å². The summed E-state index contributed by atoms with van der Waals surface area (Å²) < 4.78 is 8.00. The molecule has 1 amide bonds. The van der Waals surface area contributed by atoms with Crippen LogP contribution in [0.4, 0.5) is 0 Å². The van der Waals surface area contributed by atoms with Gasteiger partial charge < -0.3 is 14.2 Å². The van der Waals surface area contributed by atoms with Gasteiger partial charge in [-0.2, -0.15) is 0 Å². The molecule has 3 heterocycles. The molecule has 5 nitrogen and oxygen atoms in total. The number of carbonyl (C=O) groups is 2. The van der Waals surface area contributed by atoms with Crippen LogP contribution in [-0.2, 0) is 16.1 Å². The minimum absolute atomic E-state index is 0.0773. The largest absolute Gasteiger partial charge is 0.461 e. The van der Waals surface area contributed by atoms with Crippen LogP contribution < -0.4 is 0 Å². The molecule has 0 aliphatic carbocycles. The predicted octanol–water partition coefficient (Wildman–Crippen LogP) is 3.45. The van der Waals surface area contributed by atoms with Crippen LogP contribution in [0.2, 0.25) is 0 Å². The van der Waals surface area contributed by atoms with Crippen LogP contribution in [0.5, 0.6) is 0 Å². The van der Waals surface area contributed by atoms with Crippen LogP contribution in [0.1, 0.15) is 42.1 Å². The molecule has 1 aliphatic heterocycles. The van der Waals surface area contributed by atoms with E-state index < -0.39 is 0 Å². The monoisotopic (exact) mass is 348 g/mol. The van der Waals surface area contributed by atoms with E-state index in [4.69, 9.17) is 4.74 Å². The van der Waals surface area contributed by atoms with Gasteiger partial charge in [0.1, 0.15) is 12.2 Å². The van der Waals surface area contributed by atoms with Crippen LogP contribution in [0, 0.1) is 12.8 Å². The molecule has 0 N–H and O–H groups in total. The fourth-order valence-corrected chi connectivity index (χ4v) is 4.32. The van der Waals surface area contributed by atoms with Crippen molar-refractivity contribution in [1.29, 1.82) is 0 Å². The minimum Gasteiger partial charge on any atom is -0.461 e. The number of aryl methyl sites for hydroxylation is 1. The molecule has 1 atom stereocenters. The number of nitrogens with zero attached hydrogens (tertiary/aromatic N) is 2. The second kappa shape index (κ2) is 6.97. The van der Waals surface area contributed by atoms with Gasteiger partial charge in [-0.3, -0.25) is 4.79 Å². The van der Waals surface area contributed by atoms with Crippen molar-refractivity contribution in [3.63, 3.8) is 0 Å². The van der Waals surface area contributed by atoms with Gasteiger partial charge in [0.15, 0.2) is 0 Å². The van der Waals surface area contributed by atoms with E-state index in [2.05, 4.69) is 6.92 Å². The highest BCUT2D eigenvalue weighted by molar-refractivity contribution is 7.19. The maximum absolute atomic E-state index is 12.8. The Morgan fingerprint density at radius 3 is 2.88 bits per heavy atom. The van der Waals surface area contributed by atoms with Crippen LogP contribution in [0.15, 0.2) is 12.1 Å². The average molecular weight is 348 g/mol. The lowest BCUT2D eigenvalue weighted by atomic mass is 10.0. The van der Waals surface area contributed by atoms with Gasteiger partial charge in [0, 0.05) is 18.0 Å². The summed E-state index contributed by atoms with van der Waals surface area (Å²) in [6, 6.07) is 3.88. The fraction of sp³-hybridized carbons (Fsp3) is 0.556. The van der Waals surface area contributed by atoms with E-state index in [9.17, 15) is 9.59 Å². The van der Waals surface area contributed by atoms with Crippen molar-refractivity contribution in [3.8, 4) is 0 Å². The third-order valence-corrected chi connectivity index (χ3v) is 5.49. The summed E-state index contributed by atoms with van der Waals surface area (Å²) in [5.41, 5.74) is 1.41. The number of piperidine rings is 1. The molecule has 24 heavy (non-hydrogen) atoms. The maximum atomic E-state index is 12.8. The Hall–Kier alpha value is -1.82. The number of likely N-dealkylation sites (tertiary alicyclic amines) is 1. The first-order chi connectivity index (χ1) is 11.5. The topological polar surface area (TPSA) is 51.5 Å². The molecular weight excluding hydrogens is 324 g/mol. The van der Waals surface area contributed by atoms with Crippen LogP contribution in [0.3, 0.4) is 0 Å². The summed E-state index contributed by atoms with van der Waals surface area (Å²) >= 11 is 1.63. The van der Waals surface area contributed by atoms with E-state index in [-0.39, 0.29) is 18.4 Å². The van der Waals surface area contributed by atoms with Crippen molar-refractivity contribution in [1.82, 2.24) is 9.47 Å². The van der Waals surface area contributed by atoms with Gasteiger partial charge in [0.05, 0.1) is 16.8 Å². The van der Waals surface area contributed by atoms with Gasteiger partial charge in [0.25, 0.3) is 0 Å². The molecule has 0 aromatic carbocycles. The van der Waals surface area contributed by atoms with Crippen LogP contribution in [0.25, 0.3) is 10.2 Å². The van der Waals surface area contributed by atoms with Crippen molar-refractivity contribution < 1.29 is 14.3 Å². The molecule has 1 fully saturated rings. The molecule has 1 saturated heterocycles. The maximum Gasteiger partial charge on any atom is 0.355 e. The summed E-state index contributed by atoms with van der Waals surface area (Å²) in [6.45, 7) is 8.14. The normalized spacial score (nSPS) is 18.1. The lowest BCUT2D eigenvalue weighted by molar-refractivity contribution is -0.133. The Morgan fingerprint density at radius 2 is 2.17 bits per heavy atom. The zero-order chi connectivity index (χ0) is 17.3. The molecule has 0 unspecified atom stereocenters. The van der Waals surface area contributed by atoms with E-state index in [0.29, 0.717) is 18.2 Å². The van der Waals surface area contributed by atoms with Gasteiger partial charge in [0.2, 0.25) is 5.91 Å². The van der Waals surface area contributed by atoms with E-state index in [0.717, 1.165) is 29.7 Å². The highest BCUT2D eigenvalue weighted by atomic mass is 32.1. The second-order valence-corrected chi connectivity index (χ2v) is 7.82. The molecule has 0 radical (unpaired) electrons. The Labute approximate surface area is 146 Å². The zero-order valence-corrected chi connectivity index (χ0v) is 15.3. The first-order valence-electron chi connectivity index (χ1n) is 8.54. The molecule has 0 bridgehead atoms. The minimum atomic E-state index is -0.363. The first kappa shape index (κ1) is 17.0. The van der Waals surface area contributed by atoms with E-state index >= 15 is 0 Å². The smallest absolute Gasteiger partial charge is 0.355 e.